The number of ether oxygens (including phenoxy) is 1. The van der Waals surface area contributed by atoms with Gasteiger partial charge in [0.25, 0.3) is 0 Å². The number of esters is 1. The lowest BCUT2D eigenvalue weighted by atomic mass is 9.77. The maximum absolute atomic E-state index is 12.8. The van der Waals surface area contributed by atoms with E-state index in [1.165, 1.54) is 6.07 Å². The molecule has 4 rings (SSSR count). The molecule has 1 fully saturated rings. The van der Waals surface area contributed by atoms with Crippen molar-refractivity contribution in [3.63, 3.8) is 0 Å². The zero-order valence-electron chi connectivity index (χ0n) is 21.3. The number of primary sulfonamides is 1. The Bertz CT molecular complexity index is 1500. The van der Waals surface area contributed by atoms with Gasteiger partial charge in [0.05, 0.1) is 16.9 Å². The monoisotopic (exact) mass is 549 g/mol. The maximum atomic E-state index is 12.8. The number of anilines is 2. The summed E-state index contributed by atoms with van der Waals surface area (Å²) in [5.41, 5.74) is 12.6. The molecule has 0 aromatic heterocycles. The fraction of sp³-hybridized carbons (Fsp3) is 0.250. The molecule has 0 radical (unpaired) electrons. The van der Waals surface area contributed by atoms with Gasteiger partial charge in [-0.15, -0.1) is 0 Å². The Kier molecular flexibility index (Phi) is 8.03. The third kappa shape index (κ3) is 6.27. The molecule has 1 amide bonds. The van der Waals surface area contributed by atoms with Crippen LogP contribution < -0.4 is 21.5 Å². The van der Waals surface area contributed by atoms with E-state index in [-0.39, 0.29) is 17.2 Å². The first-order chi connectivity index (χ1) is 18.5. The van der Waals surface area contributed by atoms with Crippen molar-refractivity contribution >= 4 is 39.3 Å². The number of nitrogens with two attached hydrogens (primary N) is 3. The molecule has 0 bridgehead atoms. The number of rotatable bonds is 8. The van der Waals surface area contributed by atoms with Crippen LogP contribution in [-0.4, -0.2) is 31.9 Å². The molecule has 1 aliphatic rings. The molecule has 0 saturated heterocycles. The zero-order chi connectivity index (χ0) is 28.2. The summed E-state index contributed by atoms with van der Waals surface area (Å²) < 4.78 is 30.4. The topological polar surface area (TPSA) is 183 Å². The van der Waals surface area contributed by atoms with Crippen molar-refractivity contribution in [1.29, 1.82) is 5.41 Å². The number of nitrogens with one attached hydrogen (secondary N) is 1. The summed E-state index contributed by atoms with van der Waals surface area (Å²) in [4.78, 5) is 26.0. The van der Waals surface area contributed by atoms with Crippen LogP contribution in [-0.2, 0) is 19.6 Å². The van der Waals surface area contributed by atoms with Gasteiger partial charge in [-0.25, -0.2) is 18.4 Å². The average molecular weight is 550 g/mol. The van der Waals surface area contributed by atoms with Crippen molar-refractivity contribution in [2.24, 2.45) is 16.6 Å². The molecule has 0 heterocycles. The molecule has 0 aliphatic heterocycles. The number of sulfonamides is 1. The number of primary amides is 1. The van der Waals surface area contributed by atoms with Crippen LogP contribution in [0, 0.1) is 5.41 Å². The van der Waals surface area contributed by atoms with Crippen molar-refractivity contribution in [3.8, 4) is 11.1 Å². The first-order valence-electron chi connectivity index (χ1n) is 12.5. The molecule has 0 unspecified atom stereocenters. The predicted molar refractivity (Wildman–Crippen MR) is 149 cm³/mol. The molecule has 0 atom stereocenters. The van der Waals surface area contributed by atoms with Crippen molar-refractivity contribution in [3.05, 3.63) is 78.4 Å². The lowest BCUT2D eigenvalue weighted by Gasteiger charge is -2.47. The molecular weight excluding hydrogens is 518 g/mol. The van der Waals surface area contributed by atoms with Crippen LogP contribution in [0.15, 0.2) is 77.7 Å². The first kappa shape index (κ1) is 27.8. The standard InChI is InChI=1S/C28H31N5O5S/c29-26(30)20-10-7-11-21(16-20)33(28(14-5-2-6-15-28)18-25(34)38-27(31)35)22-12-13-23(19-8-3-1-4-9-19)24(17-22)39(32,36)37/h1,3-4,7-13,16-17H,2,5-6,14-15,18H2,(H3,29,30)(H2,31,35)(H2,32,36,37). The van der Waals surface area contributed by atoms with Gasteiger partial charge in [-0.1, -0.05) is 67.8 Å². The van der Waals surface area contributed by atoms with E-state index < -0.39 is 27.6 Å². The largest absolute Gasteiger partial charge is 0.412 e. The van der Waals surface area contributed by atoms with E-state index in [9.17, 15) is 18.0 Å². The molecule has 11 heteroatoms. The highest BCUT2D eigenvalue weighted by Crippen LogP contribution is 2.45. The lowest BCUT2D eigenvalue weighted by molar-refractivity contribution is -0.138. The van der Waals surface area contributed by atoms with E-state index >= 15 is 0 Å². The fourth-order valence-electron chi connectivity index (χ4n) is 5.36. The third-order valence-electron chi connectivity index (χ3n) is 6.98. The van der Waals surface area contributed by atoms with Crippen LogP contribution in [0.25, 0.3) is 11.1 Å². The van der Waals surface area contributed by atoms with E-state index in [1.54, 1.807) is 60.7 Å². The second kappa shape index (κ2) is 11.3. The van der Waals surface area contributed by atoms with Crippen LogP contribution >= 0.6 is 0 Å². The molecule has 0 spiro atoms. The van der Waals surface area contributed by atoms with Crippen molar-refractivity contribution < 1.29 is 22.7 Å². The molecule has 10 nitrogen and oxygen atoms in total. The lowest BCUT2D eigenvalue weighted by Crippen LogP contribution is -2.50. The number of nitrogens with zero attached hydrogens (tertiary/aromatic N) is 1. The minimum absolute atomic E-state index is 0.0791. The highest BCUT2D eigenvalue weighted by atomic mass is 32.2. The molecule has 1 saturated carbocycles. The Hall–Kier alpha value is -4.22. The Morgan fingerprint density at radius 1 is 0.897 bits per heavy atom. The molecule has 3 aromatic rings. The average Bonchev–Trinajstić information content (AvgIpc) is 2.89. The van der Waals surface area contributed by atoms with Crippen molar-refractivity contribution in [2.45, 2.75) is 49.0 Å². The molecule has 1 aliphatic carbocycles. The second-order valence-electron chi connectivity index (χ2n) is 9.65. The predicted octanol–water partition coefficient (Wildman–Crippen LogP) is 4.14. The number of hydrogen-bond donors (Lipinski definition) is 4. The Labute approximate surface area is 227 Å². The number of amides is 1. The van der Waals surface area contributed by atoms with Crippen LogP contribution in [0.3, 0.4) is 0 Å². The van der Waals surface area contributed by atoms with Gasteiger partial charge in [-0.05, 0) is 42.7 Å². The van der Waals surface area contributed by atoms with Crippen LogP contribution in [0.2, 0.25) is 0 Å². The number of carbonyl (C=O) groups excluding carboxylic acids is 2. The number of carbonyl (C=O) groups is 2. The van der Waals surface area contributed by atoms with Gasteiger partial charge in [0.2, 0.25) is 10.0 Å². The molecule has 7 N–H and O–H groups in total. The van der Waals surface area contributed by atoms with Crippen LogP contribution in [0.4, 0.5) is 16.2 Å². The number of hydrogen-bond acceptors (Lipinski definition) is 7. The minimum atomic E-state index is -4.16. The minimum Gasteiger partial charge on any atom is -0.384 e. The van der Waals surface area contributed by atoms with Gasteiger partial charge in [-0.2, -0.15) is 0 Å². The van der Waals surface area contributed by atoms with Crippen LogP contribution in [0.1, 0.15) is 44.1 Å². The Balaban J connectivity index is 1.96. The quantitative estimate of drug-likeness (QED) is 0.141. The maximum Gasteiger partial charge on any atom is 0.412 e. The summed E-state index contributed by atoms with van der Waals surface area (Å²) in [7, 11) is -4.16. The summed E-state index contributed by atoms with van der Waals surface area (Å²) in [6.07, 6.45) is 2.26. The van der Waals surface area contributed by atoms with E-state index in [4.69, 9.17) is 26.8 Å². The van der Waals surface area contributed by atoms with Gasteiger partial charge < -0.3 is 21.1 Å². The van der Waals surface area contributed by atoms with Crippen LogP contribution in [0.5, 0.6) is 0 Å². The van der Waals surface area contributed by atoms with E-state index in [2.05, 4.69) is 0 Å². The van der Waals surface area contributed by atoms with E-state index in [0.29, 0.717) is 40.9 Å². The molecule has 39 heavy (non-hydrogen) atoms. The summed E-state index contributed by atoms with van der Waals surface area (Å²) in [6.45, 7) is 0. The smallest absolute Gasteiger partial charge is 0.384 e. The Morgan fingerprint density at radius 2 is 1.56 bits per heavy atom. The number of nitrogen functional groups attached to an aromatic ring is 1. The number of benzene rings is 3. The summed E-state index contributed by atoms with van der Waals surface area (Å²) in [6, 6.07) is 20.9. The van der Waals surface area contributed by atoms with Gasteiger partial charge >= 0.3 is 12.1 Å². The fourth-order valence-corrected chi connectivity index (χ4v) is 6.13. The summed E-state index contributed by atoms with van der Waals surface area (Å²) >= 11 is 0. The highest BCUT2D eigenvalue weighted by molar-refractivity contribution is 7.89. The number of amidine groups is 1. The first-order valence-corrected chi connectivity index (χ1v) is 14.0. The highest BCUT2D eigenvalue weighted by Gasteiger charge is 2.42. The van der Waals surface area contributed by atoms with Gasteiger partial charge in [0.15, 0.2) is 0 Å². The van der Waals surface area contributed by atoms with Gasteiger partial charge in [-0.3, -0.25) is 10.2 Å². The third-order valence-corrected chi connectivity index (χ3v) is 7.93. The van der Waals surface area contributed by atoms with Crippen molar-refractivity contribution in [1.82, 2.24) is 0 Å². The molecular formula is C28H31N5O5S. The summed E-state index contributed by atoms with van der Waals surface area (Å²) in [5, 5.41) is 13.6. The van der Waals surface area contributed by atoms with E-state index in [1.807, 2.05) is 11.0 Å². The second-order valence-corrected chi connectivity index (χ2v) is 11.2. The molecule has 204 valence electrons. The Morgan fingerprint density at radius 3 is 2.18 bits per heavy atom. The summed E-state index contributed by atoms with van der Waals surface area (Å²) in [5.74, 6) is -0.933. The van der Waals surface area contributed by atoms with Gasteiger partial charge in [0.1, 0.15) is 5.84 Å². The van der Waals surface area contributed by atoms with Gasteiger partial charge in [0, 0.05) is 22.5 Å². The van der Waals surface area contributed by atoms with Crippen molar-refractivity contribution in [2.75, 3.05) is 4.90 Å². The van der Waals surface area contributed by atoms with E-state index in [0.717, 1.165) is 19.3 Å². The SMILES string of the molecule is N=C(N)c1cccc(N(c2ccc(-c3ccccc3)c(S(N)(=O)=O)c2)C2(CC(=O)OC(N)=O)CCCCC2)c1. The normalized spacial score (nSPS) is 14.8. The molecule has 3 aromatic carbocycles. The zero-order valence-corrected chi connectivity index (χ0v) is 22.1.